The lowest BCUT2D eigenvalue weighted by atomic mass is 9.85. The van der Waals surface area contributed by atoms with E-state index in [1.54, 1.807) is 7.11 Å². The number of methoxy groups -OCH3 is 1. The summed E-state index contributed by atoms with van der Waals surface area (Å²) in [5.41, 5.74) is 7.56. The van der Waals surface area contributed by atoms with Crippen molar-refractivity contribution in [3.05, 3.63) is 23.8 Å². The Labute approximate surface area is 116 Å². The van der Waals surface area contributed by atoms with Crippen LogP contribution in [0.25, 0.3) is 0 Å². The Hall–Kier alpha value is -1.22. The molecule has 2 rings (SSSR count). The van der Waals surface area contributed by atoms with Crippen LogP contribution in [-0.4, -0.2) is 13.2 Å². The van der Waals surface area contributed by atoms with Crippen molar-refractivity contribution in [1.29, 1.82) is 0 Å². The lowest BCUT2D eigenvalue weighted by molar-refractivity contribution is 0.00108. The van der Waals surface area contributed by atoms with Gasteiger partial charge in [0.05, 0.1) is 19.8 Å². The molecule has 2 atom stereocenters. The molecule has 1 aliphatic carbocycles. The van der Waals surface area contributed by atoms with Crippen molar-refractivity contribution in [1.82, 2.24) is 0 Å². The molecule has 0 amide bonds. The number of anilines is 1. The van der Waals surface area contributed by atoms with E-state index in [1.807, 2.05) is 18.2 Å². The number of hydrogen-bond donors (Lipinski definition) is 1. The molecule has 0 aliphatic heterocycles. The Balaban J connectivity index is 1.91. The van der Waals surface area contributed by atoms with Gasteiger partial charge in [-0.25, -0.2) is 0 Å². The summed E-state index contributed by atoms with van der Waals surface area (Å²) < 4.78 is 11.4. The fourth-order valence-corrected chi connectivity index (χ4v) is 2.85. The highest BCUT2D eigenvalue weighted by atomic mass is 16.5. The van der Waals surface area contributed by atoms with E-state index < -0.39 is 0 Å². The molecule has 3 nitrogen and oxygen atoms in total. The Morgan fingerprint density at radius 2 is 2.16 bits per heavy atom. The third kappa shape index (κ3) is 3.87. The quantitative estimate of drug-likeness (QED) is 0.823. The largest absolute Gasteiger partial charge is 0.496 e. The van der Waals surface area contributed by atoms with Crippen LogP contribution in [0.15, 0.2) is 18.2 Å². The summed E-state index contributed by atoms with van der Waals surface area (Å²) in [5.74, 6) is 1.66. The molecule has 1 fully saturated rings. The van der Waals surface area contributed by atoms with Crippen LogP contribution in [-0.2, 0) is 11.3 Å². The van der Waals surface area contributed by atoms with E-state index in [0.717, 1.165) is 22.9 Å². The van der Waals surface area contributed by atoms with Gasteiger partial charge >= 0.3 is 0 Å². The number of rotatable bonds is 5. The first-order valence-electron chi connectivity index (χ1n) is 7.27. The first-order valence-corrected chi connectivity index (χ1v) is 7.27. The molecule has 2 unspecified atom stereocenters. The molecule has 3 heteroatoms. The SMILES string of the molecule is CCC1CCCC(OCc2ccc(N)cc2OC)C1. The maximum atomic E-state index is 6.06. The summed E-state index contributed by atoms with van der Waals surface area (Å²) in [6.07, 6.45) is 6.72. The molecule has 0 bridgehead atoms. The van der Waals surface area contributed by atoms with E-state index in [2.05, 4.69) is 6.92 Å². The average molecular weight is 263 g/mol. The van der Waals surface area contributed by atoms with Crippen LogP contribution in [0.5, 0.6) is 5.75 Å². The van der Waals surface area contributed by atoms with Crippen LogP contribution < -0.4 is 10.5 Å². The Bertz CT molecular complexity index is 406. The zero-order chi connectivity index (χ0) is 13.7. The Kier molecular flexibility index (Phi) is 5.08. The van der Waals surface area contributed by atoms with Gasteiger partial charge in [-0.1, -0.05) is 32.3 Å². The average Bonchev–Trinajstić information content (AvgIpc) is 2.46. The normalized spacial score (nSPS) is 23.3. The lowest BCUT2D eigenvalue weighted by Gasteiger charge is -2.28. The lowest BCUT2D eigenvalue weighted by Crippen LogP contribution is -2.22. The first-order chi connectivity index (χ1) is 9.22. The zero-order valence-corrected chi connectivity index (χ0v) is 12.0. The zero-order valence-electron chi connectivity index (χ0n) is 12.0. The smallest absolute Gasteiger partial charge is 0.126 e. The van der Waals surface area contributed by atoms with Crippen LogP contribution in [0, 0.1) is 5.92 Å². The molecule has 1 aliphatic rings. The predicted molar refractivity (Wildman–Crippen MR) is 78.2 cm³/mol. The number of hydrogen-bond acceptors (Lipinski definition) is 3. The molecule has 19 heavy (non-hydrogen) atoms. The standard InChI is InChI=1S/C16H25NO2/c1-3-12-5-4-6-15(9-12)19-11-13-7-8-14(17)10-16(13)18-2/h7-8,10,12,15H,3-6,9,11,17H2,1-2H3. The second kappa shape index (κ2) is 6.80. The fraction of sp³-hybridized carbons (Fsp3) is 0.625. The molecule has 2 N–H and O–H groups in total. The number of ether oxygens (including phenoxy) is 2. The summed E-state index contributed by atoms with van der Waals surface area (Å²) in [7, 11) is 1.67. The summed E-state index contributed by atoms with van der Waals surface area (Å²) in [6, 6.07) is 5.75. The molecule has 0 aromatic heterocycles. The van der Waals surface area contributed by atoms with Gasteiger partial charge in [0.15, 0.2) is 0 Å². The van der Waals surface area contributed by atoms with Crippen LogP contribution in [0.2, 0.25) is 0 Å². The Morgan fingerprint density at radius 3 is 2.89 bits per heavy atom. The second-order valence-corrected chi connectivity index (χ2v) is 5.45. The number of nitrogens with two attached hydrogens (primary N) is 1. The van der Waals surface area contributed by atoms with Crippen LogP contribution in [0.1, 0.15) is 44.6 Å². The van der Waals surface area contributed by atoms with Crippen molar-refractivity contribution < 1.29 is 9.47 Å². The number of nitrogen functional groups attached to an aromatic ring is 1. The molecule has 106 valence electrons. The molecule has 1 aromatic carbocycles. The topological polar surface area (TPSA) is 44.5 Å². The Morgan fingerprint density at radius 1 is 1.32 bits per heavy atom. The van der Waals surface area contributed by atoms with Crippen molar-refractivity contribution >= 4 is 5.69 Å². The van der Waals surface area contributed by atoms with Crippen LogP contribution >= 0.6 is 0 Å². The minimum atomic E-state index is 0.404. The highest BCUT2D eigenvalue weighted by molar-refractivity contribution is 5.48. The van der Waals surface area contributed by atoms with Gasteiger partial charge in [0, 0.05) is 17.3 Å². The van der Waals surface area contributed by atoms with Crippen molar-refractivity contribution in [2.24, 2.45) is 5.92 Å². The molecule has 1 aromatic rings. The highest BCUT2D eigenvalue weighted by Crippen LogP contribution is 2.30. The molecule has 1 saturated carbocycles. The van der Waals surface area contributed by atoms with Gasteiger partial charge in [0.25, 0.3) is 0 Å². The van der Waals surface area contributed by atoms with E-state index in [-0.39, 0.29) is 0 Å². The van der Waals surface area contributed by atoms with E-state index in [1.165, 1.54) is 32.1 Å². The van der Waals surface area contributed by atoms with Gasteiger partial charge in [-0.05, 0) is 24.8 Å². The minimum absolute atomic E-state index is 0.404. The number of benzene rings is 1. The van der Waals surface area contributed by atoms with Gasteiger partial charge in [-0.2, -0.15) is 0 Å². The predicted octanol–water partition coefficient (Wildman–Crippen LogP) is 3.76. The minimum Gasteiger partial charge on any atom is -0.496 e. The van der Waals surface area contributed by atoms with Crippen LogP contribution in [0.3, 0.4) is 0 Å². The summed E-state index contributed by atoms with van der Waals surface area (Å²) in [5, 5.41) is 0. The van der Waals surface area contributed by atoms with Gasteiger partial charge in [0.2, 0.25) is 0 Å². The van der Waals surface area contributed by atoms with Crippen molar-refractivity contribution in [3.63, 3.8) is 0 Å². The van der Waals surface area contributed by atoms with E-state index in [4.69, 9.17) is 15.2 Å². The third-order valence-electron chi connectivity index (χ3n) is 4.10. The second-order valence-electron chi connectivity index (χ2n) is 5.45. The molecule has 0 heterocycles. The van der Waals surface area contributed by atoms with E-state index in [9.17, 15) is 0 Å². The van der Waals surface area contributed by atoms with Gasteiger partial charge in [0.1, 0.15) is 5.75 Å². The van der Waals surface area contributed by atoms with Crippen molar-refractivity contribution in [2.75, 3.05) is 12.8 Å². The van der Waals surface area contributed by atoms with Crippen molar-refractivity contribution in [3.8, 4) is 5.75 Å². The molecule has 0 saturated heterocycles. The van der Waals surface area contributed by atoms with Crippen molar-refractivity contribution in [2.45, 2.75) is 51.7 Å². The third-order valence-corrected chi connectivity index (χ3v) is 4.10. The summed E-state index contributed by atoms with van der Waals surface area (Å²) >= 11 is 0. The maximum Gasteiger partial charge on any atom is 0.126 e. The maximum absolute atomic E-state index is 6.06. The van der Waals surface area contributed by atoms with Crippen LogP contribution in [0.4, 0.5) is 5.69 Å². The summed E-state index contributed by atoms with van der Waals surface area (Å²) in [4.78, 5) is 0. The molecule has 0 radical (unpaired) electrons. The van der Waals surface area contributed by atoms with Gasteiger partial charge in [-0.15, -0.1) is 0 Å². The monoisotopic (exact) mass is 263 g/mol. The molecule has 0 spiro atoms. The molecular formula is C16H25NO2. The molecular weight excluding hydrogens is 238 g/mol. The summed E-state index contributed by atoms with van der Waals surface area (Å²) in [6.45, 7) is 2.89. The van der Waals surface area contributed by atoms with E-state index in [0.29, 0.717) is 12.7 Å². The van der Waals surface area contributed by atoms with Gasteiger partial charge < -0.3 is 15.2 Å². The van der Waals surface area contributed by atoms with Gasteiger partial charge in [-0.3, -0.25) is 0 Å². The highest BCUT2D eigenvalue weighted by Gasteiger charge is 2.21. The fourth-order valence-electron chi connectivity index (χ4n) is 2.85. The van der Waals surface area contributed by atoms with E-state index >= 15 is 0 Å². The first kappa shape index (κ1) is 14.2.